The predicted octanol–water partition coefficient (Wildman–Crippen LogP) is 2.21. The SMILES string of the molecule is Cl.N[C@@H]1CCN(C(=O)c2cc(-c3cc(F)ccc3F)no2)C1. The minimum atomic E-state index is -0.633. The van der Waals surface area contributed by atoms with Crippen molar-refractivity contribution in [2.45, 2.75) is 12.5 Å². The summed E-state index contributed by atoms with van der Waals surface area (Å²) in [7, 11) is 0. The van der Waals surface area contributed by atoms with Crippen LogP contribution < -0.4 is 5.73 Å². The number of nitrogens with zero attached hydrogens (tertiary/aromatic N) is 2. The molecule has 0 saturated carbocycles. The molecule has 1 saturated heterocycles. The molecule has 8 heteroatoms. The molecule has 3 rings (SSSR count). The zero-order valence-corrected chi connectivity index (χ0v) is 12.3. The van der Waals surface area contributed by atoms with Crippen molar-refractivity contribution in [3.63, 3.8) is 0 Å². The van der Waals surface area contributed by atoms with Crippen molar-refractivity contribution < 1.29 is 18.1 Å². The highest BCUT2D eigenvalue weighted by Gasteiger charge is 2.27. The van der Waals surface area contributed by atoms with Crippen molar-refractivity contribution in [1.82, 2.24) is 10.1 Å². The lowest BCUT2D eigenvalue weighted by molar-refractivity contribution is 0.0749. The molecule has 0 spiro atoms. The number of amides is 1. The topological polar surface area (TPSA) is 72.4 Å². The maximum absolute atomic E-state index is 13.7. The summed E-state index contributed by atoms with van der Waals surface area (Å²) in [5, 5.41) is 3.64. The average molecular weight is 330 g/mol. The highest BCUT2D eigenvalue weighted by Crippen LogP contribution is 2.24. The molecule has 0 radical (unpaired) electrons. The summed E-state index contributed by atoms with van der Waals surface area (Å²) in [6.07, 6.45) is 0.727. The quantitative estimate of drug-likeness (QED) is 0.917. The van der Waals surface area contributed by atoms with Crippen LogP contribution in [0.25, 0.3) is 11.3 Å². The van der Waals surface area contributed by atoms with Gasteiger partial charge in [-0.15, -0.1) is 12.4 Å². The summed E-state index contributed by atoms with van der Waals surface area (Å²) in [6.45, 7) is 0.994. The molecule has 1 aliphatic heterocycles. The number of carbonyl (C=O) groups excluding carboxylic acids is 1. The Bertz CT molecular complexity index is 692. The maximum Gasteiger partial charge on any atom is 0.292 e. The molecule has 1 aromatic heterocycles. The van der Waals surface area contributed by atoms with Crippen molar-refractivity contribution in [3.8, 4) is 11.3 Å². The normalized spacial score (nSPS) is 17.4. The van der Waals surface area contributed by atoms with Crippen molar-refractivity contribution >= 4 is 18.3 Å². The summed E-state index contributed by atoms with van der Waals surface area (Å²) in [4.78, 5) is 13.7. The molecular weight excluding hydrogens is 316 g/mol. The van der Waals surface area contributed by atoms with Crippen LogP contribution in [0.2, 0.25) is 0 Å². The minimum Gasteiger partial charge on any atom is -0.350 e. The van der Waals surface area contributed by atoms with Gasteiger partial charge in [-0.05, 0) is 24.6 Å². The summed E-state index contributed by atoms with van der Waals surface area (Å²) in [5.41, 5.74) is 5.78. The Kier molecular flexibility index (Phi) is 4.77. The monoisotopic (exact) mass is 329 g/mol. The van der Waals surface area contributed by atoms with Crippen LogP contribution in [0.5, 0.6) is 0 Å². The van der Waals surface area contributed by atoms with E-state index in [0.29, 0.717) is 13.1 Å². The summed E-state index contributed by atoms with van der Waals surface area (Å²) < 4.78 is 31.8. The third-order valence-electron chi connectivity index (χ3n) is 3.44. The molecule has 1 aliphatic rings. The van der Waals surface area contributed by atoms with Crippen molar-refractivity contribution in [1.29, 1.82) is 0 Å². The van der Waals surface area contributed by atoms with Gasteiger partial charge >= 0.3 is 0 Å². The lowest BCUT2D eigenvalue weighted by atomic mass is 10.1. The second-order valence-corrected chi connectivity index (χ2v) is 5.00. The van der Waals surface area contributed by atoms with E-state index in [-0.39, 0.29) is 41.4 Å². The highest BCUT2D eigenvalue weighted by molar-refractivity contribution is 5.92. The van der Waals surface area contributed by atoms with Gasteiger partial charge in [-0.3, -0.25) is 4.79 Å². The molecule has 0 aliphatic carbocycles. The van der Waals surface area contributed by atoms with Gasteiger partial charge in [-0.25, -0.2) is 8.78 Å². The third-order valence-corrected chi connectivity index (χ3v) is 3.44. The maximum atomic E-state index is 13.7. The van der Waals surface area contributed by atoms with Gasteiger partial charge < -0.3 is 15.2 Å². The molecule has 1 amide bonds. The predicted molar refractivity (Wildman–Crippen MR) is 77.6 cm³/mol. The second kappa shape index (κ2) is 6.41. The lowest BCUT2D eigenvalue weighted by Gasteiger charge is -2.12. The smallest absolute Gasteiger partial charge is 0.292 e. The van der Waals surface area contributed by atoms with E-state index in [1.807, 2.05) is 0 Å². The van der Waals surface area contributed by atoms with Crippen LogP contribution in [0.4, 0.5) is 8.78 Å². The van der Waals surface area contributed by atoms with E-state index in [2.05, 4.69) is 5.16 Å². The molecule has 2 aromatic rings. The van der Waals surface area contributed by atoms with E-state index < -0.39 is 11.6 Å². The van der Waals surface area contributed by atoms with Crippen molar-refractivity contribution in [3.05, 3.63) is 41.7 Å². The molecule has 1 fully saturated rings. The van der Waals surface area contributed by atoms with Gasteiger partial charge in [0.25, 0.3) is 5.91 Å². The standard InChI is InChI=1S/C14H13F2N3O2.ClH/c15-8-1-2-11(16)10(5-8)12-6-13(21-18-12)14(20)19-4-3-9(17)7-19;/h1-2,5-6,9H,3-4,7,17H2;1H/t9-;/m1./s1. The molecule has 22 heavy (non-hydrogen) atoms. The number of hydrogen-bond acceptors (Lipinski definition) is 4. The van der Waals surface area contributed by atoms with Crippen LogP contribution in [-0.2, 0) is 0 Å². The van der Waals surface area contributed by atoms with Gasteiger partial charge in [-0.1, -0.05) is 5.16 Å². The first-order chi connectivity index (χ1) is 10.0. The van der Waals surface area contributed by atoms with Crippen LogP contribution in [0.1, 0.15) is 17.0 Å². The summed E-state index contributed by atoms with van der Waals surface area (Å²) in [6, 6.07) is 4.28. The average Bonchev–Trinajstić information content (AvgIpc) is 3.10. The first-order valence-corrected chi connectivity index (χ1v) is 6.51. The number of rotatable bonds is 2. The fourth-order valence-corrected chi connectivity index (χ4v) is 2.32. The molecule has 1 aromatic carbocycles. The second-order valence-electron chi connectivity index (χ2n) is 5.00. The minimum absolute atomic E-state index is 0. The highest BCUT2D eigenvalue weighted by atomic mass is 35.5. The molecule has 0 unspecified atom stereocenters. The molecule has 2 heterocycles. The lowest BCUT2D eigenvalue weighted by Crippen LogP contribution is -2.31. The van der Waals surface area contributed by atoms with Gasteiger partial charge in [0.15, 0.2) is 0 Å². The van der Waals surface area contributed by atoms with E-state index in [1.165, 1.54) is 6.07 Å². The van der Waals surface area contributed by atoms with Crippen LogP contribution in [0.15, 0.2) is 28.8 Å². The fourth-order valence-electron chi connectivity index (χ4n) is 2.32. The number of hydrogen-bond donors (Lipinski definition) is 1. The van der Waals surface area contributed by atoms with Gasteiger partial charge in [0.2, 0.25) is 5.76 Å². The molecule has 2 N–H and O–H groups in total. The molecular formula is C14H14ClF2N3O2. The van der Waals surface area contributed by atoms with Gasteiger partial charge in [0.1, 0.15) is 17.3 Å². The largest absolute Gasteiger partial charge is 0.350 e. The number of benzene rings is 1. The molecule has 118 valence electrons. The Labute approximate surface area is 131 Å². The van der Waals surface area contributed by atoms with E-state index in [1.54, 1.807) is 4.90 Å². The zero-order valence-electron chi connectivity index (χ0n) is 11.5. The first kappa shape index (κ1) is 16.4. The number of nitrogens with two attached hydrogens (primary N) is 1. The first-order valence-electron chi connectivity index (χ1n) is 6.51. The van der Waals surface area contributed by atoms with E-state index in [0.717, 1.165) is 24.6 Å². The van der Waals surface area contributed by atoms with Crippen molar-refractivity contribution in [2.24, 2.45) is 5.73 Å². The van der Waals surface area contributed by atoms with E-state index in [9.17, 15) is 13.6 Å². The van der Waals surface area contributed by atoms with E-state index >= 15 is 0 Å². The fraction of sp³-hybridized carbons (Fsp3) is 0.286. The number of carbonyl (C=O) groups is 1. The number of aromatic nitrogens is 1. The Balaban J connectivity index is 0.00000176. The van der Waals surface area contributed by atoms with Crippen LogP contribution in [0.3, 0.4) is 0 Å². The van der Waals surface area contributed by atoms with Crippen molar-refractivity contribution in [2.75, 3.05) is 13.1 Å². The Morgan fingerprint density at radius 3 is 2.82 bits per heavy atom. The molecule has 1 atom stereocenters. The molecule has 0 bridgehead atoms. The number of halogens is 3. The number of likely N-dealkylation sites (tertiary alicyclic amines) is 1. The van der Waals surface area contributed by atoms with Crippen LogP contribution >= 0.6 is 12.4 Å². The van der Waals surface area contributed by atoms with Gasteiger partial charge in [0, 0.05) is 30.8 Å². The van der Waals surface area contributed by atoms with E-state index in [4.69, 9.17) is 10.3 Å². The zero-order chi connectivity index (χ0) is 15.0. The van der Waals surface area contributed by atoms with Gasteiger partial charge in [0.05, 0.1) is 0 Å². The Morgan fingerprint density at radius 1 is 1.36 bits per heavy atom. The summed E-state index contributed by atoms with van der Waals surface area (Å²) >= 11 is 0. The third kappa shape index (κ3) is 3.10. The van der Waals surface area contributed by atoms with Crippen LogP contribution in [0, 0.1) is 11.6 Å². The Hall–Kier alpha value is -1.99. The Morgan fingerprint density at radius 2 is 2.14 bits per heavy atom. The van der Waals surface area contributed by atoms with Gasteiger partial charge in [-0.2, -0.15) is 0 Å². The molecule has 5 nitrogen and oxygen atoms in total. The summed E-state index contributed by atoms with van der Waals surface area (Å²) in [5.74, 6) is -1.58. The van der Waals surface area contributed by atoms with Crippen LogP contribution in [-0.4, -0.2) is 35.1 Å².